The van der Waals surface area contributed by atoms with Crippen LogP contribution in [0.15, 0.2) is 24.3 Å². The average molecular weight is 232 g/mol. The van der Waals surface area contributed by atoms with Crippen LogP contribution >= 0.6 is 0 Å². The predicted octanol–water partition coefficient (Wildman–Crippen LogP) is 2.07. The number of primary amides is 1. The lowest BCUT2D eigenvalue weighted by Gasteiger charge is -2.13. The van der Waals surface area contributed by atoms with Gasteiger partial charge in [0.1, 0.15) is 0 Å². The molecule has 0 spiro atoms. The second-order valence-electron chi connectivity index (χ2n) is 5.02. The van der Waals surface area contributed by atoms with Gasteiger partial charge in [0.05, 0.1) is 0 Å². The molecule has 0 atom stereocenters. The van der Waals surface area contributed by atoms with E-state index in [2.05, 4.69) is 12.2 Å². The number of amides is 1. The molecule has 0 bridgehead atoms. The average Bonchev–Trinajstić information content (AvgIpc) is 3.10. The van der Waals surface area contributed by atoms with Crippen LogP contribution < -0.4 is 11.1 Å². The topological polar surface area (TPSA) is 55.1 Å². The van der Waals surface area contributed by atoms with E-state index in [1.54, 1.807) is 6.07 Å². The first-order valence-electron chi connectivity index (χ1n) is 6.25. The lowest BCUT2D eigenvalue weighted by Crippen LogP contribution is -2.23. The lowest BCUT2D eigenvalue weighted by molar-refractivity contribution is 0.1000. The van der Waals surface area contributed by atoms with E-state index < -0.39 is 0 Å². The van der Waals surface area contributed by atoms with Gasteiger partial charge in [0.2, 0.25) is 5.91 Å². The first kappa shape index (κ1) is 12.1. The zero-order chi connectivity index (χ0) is 12.3. The molecule has 0 unspecified atom stereocenters. The van der Waals surface area contributed by atoms with Crippen molar-refractivity contribution in [3.05, 3.63) is 35.4 Å². The van der Waals surface area contributed by atoms with Crippen LogP contribution in [0.3, 0.4) is 0 Å². The van der Waals surface area contributed by atoms with Crippen molar-refractivity contribution in [2.45, 2.75) is 32.7 Å². The summed E-state index contributed by atoms with van der Waals surface area (Å²) in [6, 6.07) is 7.51. The maximum Gasteiger partial charge on any atom is 0.248 e. The molecule has 2 rings (SSSR count). The Morgan fingerprint density at radius 2 is 2.24 bits per heavy atom. The molecule has 1 aliphatic carbocycles. The van der Waals surface area contributed by atoms with Crippen molar-refractivity contribution in [2.24, 2.45) is 11.1 Å². The van der Waals surface area contributed by atoms with Gasteiger partial charge in [-0.15, -0.1) is 0 Å². The second kappa shape index (κ2) is 4.88. The van der Waals surface area contributed by atoms with E-state index >= 15 is 0 Å². The number of hydrogen-bond acceptors (Lipinski definition) is 2. The quantitative estimate of drug-likeness (QED) is 0.789. The largest absolute Gasteiger partial charge is 0.366 e. The highest BCUT2D eigenvalue weighted by Crippen LogP contribution is 2.47. The fraction of sp³-hybridized carbons (Fsp3) is 0.500. The molecule has 3 nitrogen and oxygen atoms in total. The molecular formula is C14H20N2O. The molecule has 3 heteroatoms. The molecule has 1 aromatic rings. The van der Waals surface area contributed by atoms with Crippen LogP contribution in [-0.4, -0.2) is 12.5 Å². The van der Waals surface area contributed by atoms with Crippen molar-refractivity contribution in [3.8, 4) is 0 Å². The Morgan fingerprint density at radius 3 is 2.82 bits per heavy atom. The van der Waals surface area contributed by atoms with Gasteiger partial charge in [-0.2, -0.15) is 0 Å². The van der Waals surface area contributed by atoms with E-state index in [9.17, 15) is 4.79 Å². The molecule has 0 radical (unpaired) electrons. The van der Waals surface area contributed by atoms with Gasteiger partial charge in [-0.05, 0) is 42.4 Å². The number of rotatable bonds is 6. The van der Waals surface area contributed by atoms with Gasteiger partial charge in [-0.3, -0.25) is 4.79 Å². The highest BCUT2D eigenvalue weighted by atomic mass is 16.1. The molecule has 1 saturated carbocycles. The minimum Gasteiger partial charge on any atom is -0.366 e. The number of nitrogens with two attached hydrogens (primary N) is 1. The van der Waals surface area contributed by atoms with E-state index in [1.807, 2.05) is 18.2 Å². The van der Waals surface area contributed by atoms with Crippen molar-refractivity contribution in [2.75, 3.05) is 6.54 Å². The SMILES string of the molecule is CCC1(CNCc2cccc(C(N)=O)c2)CC1. The standard InChI is InChI=1S/C14H20N2O/c1-2-14(6-7-14)10-16-9-11-4-3-5-12(8-11)13(15)17/h3-5,8,16H,2,6-7,9-10H2,1H3,(H2,15,17). The van der Waals surface area contributed by atoms with Crippen molar-refractivity contribution in [3.63, 3.8) is 0 Å². The molecule has 1 aliphatic rings. The summed E-state index contributed by atoms with van der Waals surface area (Å²) in [5, 5.41) is 3.47. The van der Waals surface area contributed by atoms with Crippen molar-refractivity contribution >= 4 is 5.91 Å². The minimum absolute atomic E-state index is 0.362. The Morgan fingerprint density at radius 1 is 1.47 bits per heavy atom. The first-order valence-corrected chi connectivity index (χ1v) is 6.25. The minimum atomic E-state index is -0.362. The van der Waals surface area contributed by atoms with Crippen molar-refractivity contribution < 1.29 is 4.79 Å². The van der Waals surface area contributed by atoms with E-state index in [0.717, 1.165) is 18.7 Å². The Labute approximate surface area is 102 Å². The fourth-order valence-electron chi connectivity index (χ4n) is 2.14. The summed E-state index contributed by atoms with van der Waals surface area (Å²) in [6.45, 7) is 4.13. The molecule has 1 amide bonds. The third-order valence-corrected chi connectivity index (χ3v) is 3.75. The number of nitrogens with one attached hydrogen (secondary N) is 1. The molecule has 1 aromatic carbocycles. The van der Waals surface area contributed by atoms with E-state index in [-0.39, 0.29) is 5.91 Å². The summed E-state index contributed by atoms with van der Waals surface area (Å²) < 4.78 is 0. The van der Waals surface area contributed by atoms with Crippen LogP contribution in [0.1, 0.15) is 42.1 Å². The third-order valence-electron chi connectivity index (χ3n) is 3.75. The van der Waals surface area contributed by atoms with E-state index in [0.29, 0.717) is 11.0 Å². The zero-order valence-electron chi connectivity index (χ0n) is 10.3. The highest BCUT2D eigenvalue weighted by Gasteiger charge is 2.39. The summed E-state index contributed by atoms with van der Waals surface area (Å²) in [7, 11) is 0. The third kappa shape index (κ3) is 3.07. The Bertz CT molecular complexity index is 410. The Balaban J connectivity index is 1.86. The van der Waals surface area contributed by atoms with E-state index in [1.165, 1.54) is 19.3 Å². The molecule has 0 heterocycles. The molecule has 0 saturated heterocycles. The molecule has 92 valence electrons. The van der Waals surface area contributed by atoms with E-state index in [4.69, 9.17) is 5.73 Å². The highest BCUT2D eigenvalue weighted by molar-refractivity contribution is 5.92. The number of carbonyl (C=O) groups excluding carboxylic acids is 1. The smallest absolute Gasteiger partial charge is 0.248 e. The summed E-state index contributed by atoms with van der Waals surface area (Å²) in [5.41, 5.74) is 7.51. The number of hydrogen-bond donors (Lipinski definition) is 2. The summed E-state index contributed by atoms with van der Waals surface area (Å²) in [5.74, 6) is -0.362. The van der Waals surface area contributed by atoms with Crippen LogP contribution in [0.2, 0.25) is 0 Å². The van der Waals surface area contributed by atoms with Gasteiger partial charge in [0, 0.05) is 18.7 Å². The molecule has 0 aromatic heterocycles. The van der Waals surface area contributed by atoms with Crippen LogP contribution in [-0.2, 0) is 6.54 Å². The van der Waals surface area contributed by atoms with Crippen LogP contribution in [0.5, 0.6) is 0 Å². The van der Waals surface area contributed by atoms with Gasteiger partial charge < -0.3 is 11.1 Å². The van der Waals surface area contributed by atoms with Crippen LogP contribution in [0.25, 0.3) is 0 Å². The molecule has 3 N–H and O–H groups in total. The predicted molar refractivity (Wildman–Crippen MR) is 68.6 cm³/mol. The molecule has 17 heavy (non-hydrogen) atoms. The maximum absolute atomic E-state index is 11.0. The summed E-state index contributed by atoms with van der Waals surface area (Å²) in [4.78, 5) is 11.0. The number of carbonyl (C=O) groups is 1. The zero-order valence-corrected chi connectivity index (χ0v) is 10.3. The maximum atomic E-state index is 11.0. The molecule has 0 aliphatic heterocycles. The molecule has 1 fully saturated rings. The van der Waals surface area contributed by atoms with Crippen LogP contribution in [0.4, 0.5) is 0 Å². The van der Waals surface area contributed by atoms with Crippen molar-refractivity contribution in [1.82, 2.24) is 5.32 Å². The Hall–Kier alpha value is -1.35. The normalized spacial score (nSPS) is 16.8. The Kier molecular flexibility index (Phi) is 3.48. The van der Waals surface area contributed by atoms with Crippen molar-refractivity contribution in [1.29, 1.82) is 0 Å². The van der Waals surface area contributed by atoms with Gasteiger partial charge in [0.15, 0.2) is 0 Å². The van der Waals surface area contributed by atoms with Gasteiger partial charge in [-0.25, -0.2) is 0 Å². The lowest BCUT2D eigenvalue weighted by atomic mass is 10.0. The van der Waals surface area contributed by atoms with Gasteiger partial charge >= 0.3 is 0 Å². The summed E-state index contributed by atoms with van der Waals surface area (Å²) in [6.07, 6.45) is 3.94. The monoisotopic (exact) mass is 232 g/mol. The van der Waals surface area contributed by atoms with Crippen LogP contribution in [0, 0.1) is 5.41 Å². The second-order valence-corrected chi connectivity index (χ2v) is 5.02. The summed E-state index contributed by atoms with van der Waals surface area (Å²) >= 11 is 0. The van der Waals surface area contributed by atoms with Gasteiger partial charge in [0.25, 0.3) is 0 Å². The number of benzene rings is 1. The fourth-order valence-corrected chi connectivity index (χ4v) is 2.14. The van der Waals surface area contributed by atoms with Gasteiger partial charge in [-0.1, -0.05) is 19.1 Å². The first-order chi connectivity index (χ1) is 8.15. The molecular weight excluding hydrogens is 212 g/mol.